The van der Waals surface area contributed by atoms with Crippen LogP contribution in [0.2, 0.25) is 0 Å². The fourth-order valence-electron chi connectivity index (χ4n) is 3.59. The highest BCUT2D eigenvalue weighted by Gasteiger charge is 2.26. The zero-order valence-corrected chi connectivity index (χ0v) is 16.8. The molecule has 2 atom stereocenters. The zero-order chi connectivity index (χ0) is 19.4. The lowest BCUT2D eigenvalue weighted by Gasteiger charge is -2.37. The number of furan rings is 1. The van der Waals surface area contributed by atoms with Gasteiger partial charge in [0.05, 0.1) is 19.3 Å². The molecule has 1 saturated heterocycles. The van der Waals surface area contributed by atoms with Crippen LogP contribution in [0.15, 0.2) is 34.7 Å². The van der Waals surface area contributed by atoms with Crippen LogP contribution in [0.25, 0.3) is 11.0 Å². The van der Waals surface area contributed by atoms with Crippen molar-refractivity contribution in [2.45, 2.75) is 32.9 Å². The number of hydrogen-bond donors (Lipinski definition) is 1. The highest BCUT2D eigenvalue weighted by molar-refractivity contribution is 5.78. The van der Waals surface area contributed by atoms with Gasteiger partial charge in [0.1, 0.15) is 11.3 Å². The number of para-hydroxylation sites is 1. The number of benzene rings is 1. The smallest absolute Gasteiger partial charge is 0.317 e. The molecule has 0 spiro atoms. The highest BCUT2D eigenvalue weighted by Crippen LogP contribution is 2.26. The molecule has 0 saturated carbocycles. The molecule has 2 amide bonds. The van der Waals surface area contributed by atoms with Gasteiger partial charge in [-0.05, 0) is 25.0 Å². The first kappa shape index (κ1) is 19.7. The predicted octanol–water partition coefficient (Wildman–Crippen LogP) is 3.49. The van der Waals surface area contributed by atoms with Gasteiger partial charge in [-0.3, -0.25) is 4.90 Å². The average Bonchev–Trinajstić information content (AvgIpc) is 3.11. The molecule has 0 bridgehead atoms. The van der Waals surface area contributed by atoms with Crippen molar-refractivity contribution < 1.29 is 13.9 Å². The summed E-state index contributed by atoms with van der Waals surface area (Å²) in [6, 6.07) is 10.0. The summed E-state index contributed by atoms with van der Waals surface area (Å²) in [6.45, 7) is 10.4. The molecule has 6 heteroatoms. The Morgan fingerprint density at radius 1 is 1.22 bits per heavy atom. The predicted molar refractivity (Wildman–Crippen MR) is 107 cm³/mol. The Balaban J connectivity index is 1.60. The normalized spacial score (nSPS) is 17.8. The van der Waals surface area contributed by atoms with Crippen LogP contribution in [-0.4, -0.2) is 61.8 Å². The molecule has 27 heavy (non-hydrogen) atoms. The van der Waals surface area contributed by atoms with Gasteiger partial charge in [0.2, 0.25) is 0 Å². The first-order chi connectivity index (χ1) is 13.0. The van der Waals surface area contributed by atoms with Gasteiger partial charge in [-0.2, -0.15) is 0 Å². The number of fused-ring (bicyclic) bond motifs is 1. The molecule has 1 aliphatic rings. The molecule has 0 radical (unpaired) electrons. The lowest BCUT2D eigenvalue weighted by Crippen LogP contribution is -2.52. The maximum atomic E-state index is 12.7. The molecule has 2 heterocycles. The van der Waals surface area contributed by atoms with E-state index in [0.29, 0.717) is 18.5 Å². The molecule has 2 unspecified atom stereocenters. The van der Waals surface area contributed by atoms with Crippen molar-refractivity contribution in [1.82, 2.24) is 15.1 Å². The molecule has 3 rings (SSSR count). The van der Waals surface area contributed by atoms with Gasteiger partial charge >= 0.3 is 6.03 Å². The quantitative estimate of drug-likeness (QED) is 0.842. The number of nitrogens with one attached hydrogen (secondary N) is 1. The molecular weight excluding hydrogens is 342 g/mol. The lowest BCUT2D eigenvalue weighted by atomic mass is 10.0. The van der Waals surface area contributed by atoms with E-state index in [1.807, 2.05) is 44.3 Å². The van der Waals surface area contributed by atoms with Crippen LogP contribution >= 0.6 is 0 Å². The van der Waals surface area contributed by atoms with E-state index in [9.17, 15) is 4.79 Å². The number of hydrogen-bond acceptors (Lipinski definition) is 4. The Hall–Kier alpha value is -2.05. The summed E-state index contributed by atoms with van der Waals surface area (Å²) in [6.07, 6.45) is 0. The topological polar surface area (TPSA) is 58.0 Å². The summed E-state index contributed by atoms with van der Waals surface area (Å²) < 4.78 is 11.4. The van der Waals surface area contributed by atoms with Crippen molar-refractivity contribution in [3.63, 3.8) is 0 Å². The first-order valence-corrected chi connectivity index (χ1v) is 9.78. The monoisotopic (exact) mass is 373 g/mol. The Morgan fingerprint density at radius 3 is 2.59 bits per heavy atom. The molecule has 2 aromatic rings. The van der Waals surface area contributed by atoms with Gasteiger partial charge in [-0.15, -0.1) is 0 Å². The van der Waals surface area contributed by atoms with Crippen molar-refractivity contribution in [2.75, 3.05) is 39.9 Å². The summed E-state index contributed by atoms with van der Waals surface area (Å²) in [5.41, 5.74) is 0.848. The standard InChI is InChI=1S/C21H31N3O3/c1-15(2)18(24-9-11-26-12-10-24)14-22-21(25)23(4)16(3)20-13-17-7-5-6-8-19(17)27-20/h5-8,13,15-16,18H,9-12,14H2,1-4H3,(H,22,25). The Kier molecular flexibility index (Phi) is 6.39. The van der Waals surface area contributed by atoms with E-state index in [-0.39, 0.29) is 12.1 Å². The number of rotatable bonds is 6. The minimum absolute atomic E-state index is 0.0816. The number of carbonyl (C=O) groups excluding carboxylic acids is 1. The van der Waals surface area contributed by atoms with E-state index in [1.54, 1.807) is 4.90 Å². The first-order valence-electron chi connectivity index (χ1n) is 9.78. The van der Waals surface area contributed by atoms with Crippen LogP contribution < -0.4 is 5.32 Å². The van der Waals surface area contributed by atoms with E-state index >= 15 is 0 Å². The number of urea groups is 1. The summed E-state index contributed by atoms with van der Waals surface area (Å²) >= 11 is 0. The van der Waals surface area contributed by atoms with Crippen LogP contribution in [0.3, 0.4) is 0 Å². The van der Waals surface area contributed by atoms with E-state index < -0.39 is 0 Å². The van der Waals surface area contributed by atoms with Gasteiger partial charge in [0, 0.05) is 38.1 Å². The molecule has 1 aliphatic heterocycles. The van der Waals surface area contributed by atoms with Crippen molar-refractivity contribution in [2.24, 2.45) is 5.92 Å². The Morgan fingerprint density at radius 2 is 1.93 bits per heavy atom. The second-order valence-corrected chi connectivity index (χ2v) is 7.62. The number of morpholine rings is 1. The van der Waals surface area contributed by atoms with E-state index in [0.717, 1.165) is 43.0 Å². The summed E-state index contributed by atoms with van der Waals surface area (Å²) in [5.74, 6) is 1.25. The van der Waals surface area contributed by atoms with Crippen molar-refractivity contribution in [3.05, 3.63) is 36.1 Å². The third-order valence-corrected chi connectivity index (χ3v) is 5.50. The van der Waals surface area contributed by atoms with Crippen LogP contribution in [0.1, 0.15) is 32.6 Å². The maximum absolute atomic E-state index is 12.7. The molecule has 148 valence electrons. The summed E-state index contributed by atoms with van der Waals surface area (Å²) in [4.78, 5) is 16.8. The fourth-order valence-corrected chi connectivity index (χ4v) is 3.59. The van der Waals surface area contributed by atoms with Gasteiger partial charge in [-0.1, -0.05) is 32.0 Å². The van der Waals surface area contributed by atoms with Gasteiger partial charge in [0.25, 0.3) is 0 Å². The minimum Gasteiger partial charge on any atom is -0.459 e. The largest absolute Gasteiger partial charge is 0.459 e. The minimum atomic E-state index is -0.140. The third-order valence-electron chi connectivity index (χ3n) is 5.50. The third kappa shape index (κ3) is 4.62. The Bertz CT molecular complexity index is 719. The highest BCUT2D eigenvalue weighted by atomic mass is 16.5. The second kappa shape index (κ2) is 8.76. The molecule has 6 nitrogen and oxygen atoms in total. The van der Waals surface area contributed by atoms with Crippen LogP contribution in [0, 0.1) is 5.92 Å². The number of ether oxygens (including phenoxy) is 1. The van der Waals surface area contributed by atoms with Gasteiger partial charge < -0.3 is 19.4 Å². The van der Waals surface area contributed by atoms with Crippen LogP contribution in [0.4, 0.5) is 4.79 Å². The SMILES string of the molecule is CC(C)C(CNC(=O)N(C)C(C)c1cc2ccccc2o1)N1CCOCC1. The lowest BCUT2D eigenvalue weighted by molar-refractivity contribution is 0.00690. The fraction of sp³-hybridized carbons (Fsp3) is 0.571. The molecule has 1 aromatic heterocycles. The van der Waals surface area contributed by atoms with Crippen molar-refractivity contribution in [3.8, 4) is 0 Å². The number of nitrogens with zero attached hydrogens (tertiary/aromatic N) is 2. The summed E-state index contributed by atoms with van der Waals surface area (Å²) in [7, 11) is 1.81. The van der Waals surface area contributed by atoms with E-state index in [2.05, 4.69) is 24.1 Å². The Labute approximate surface area is 161 Å². The van der Waals surface area contributed by atoms with Crippen molar-refractivity contribution >= 4 is 17.0 Å². The zero-order valence-electron chi connectivity index (χ0n) is 16.8. The van der Waals surface area contributed by atoms with E-state index in [4.69, 9.17) is 9.15 Å². The molecule has 1 aromatic carbocycles. The molecule has 0 aliphatic carbocycles. The summed E-state index contributed by atoms with van der Waals surface area (Å²) in [5, 5.41) is 4.16. The van der Waals surface area contributed by atoms with Crippen LogP contribution in [0.5, 0.6) is 0 Å². The molecule has 1 fully saturated rings. The maximum Gasteiger partial charge on any atom is 0.317 e. The second-order valence-electron chi connectivity index (χ2n) is 7.62. The van der Waals surface area contributed by atoms with E-state index in [1.165, 1.54) is 0 Å². The molecule has 1 N–H and O–H groups in total. The van der Waals surface area contributed by atoms with Crippen molar-refractivity contribution in [1.29, 1.82) is 0 Å². The number of carbonyl (C=O) groups is 1. The van der Waals surface area contributed by atoms with Crippen LogP contribution in [-0.2, 0) is 4.74 Å². The molecular formula is C21H31N3O3. The number of amides is 2. The van der Waals surface area contributed by atoms with Gasteiger partial charge in [0.15, 0.2) is 0 Å². The average molecular weight is 373 g/mol. The van der Waals surface area contributed by atoms with Gasteiger partial charge in [-0.25, -0.2) is 4.79 Å².